The normalized spacial score (nSPS) is 10.6. The first-order chi connectivity index (χ1) is 8.70. The molecule has 2 aromatic rings. The van der Waals surface area contributed by atoms with Crippen molar-refractivity contribution in [3.63, 3.8) is 0 Å². The van der Waals surface area contributed by atoms with Crippen molar-refractivity contribution in [2.75, 3.05) is 19.0 Å². The van der Waals surface area contributed by atoms with Gasteiger partial charge in [-0.25, -0.2) is 4.98 Å². The van der Waals surface area contributed by atoms with E-state index >= 15 is 0 Å². The summed E-state index contributed by atoms with van der Waals surface area (Å²) in [7, 11) is 1.70. The van der Waals surface area contributed by atoms with Crippen LogP contribution in [-0.4, -0.2) is 28.3 Å². The summed E-state index contributed by atoms with van der Waals surface area (Å²) in [4.78, 5) is 8.58. The van der Waals surface area contributed by atoms with Crippen LogP contribution in [0.15, 0.2) is 24.7 Å². The van der Waals surface area contributed by atoms with Gasteiger partial charge in [-0.1, -0.05) is 0 Å². The first kappa shape index (κ1) is 12.6. The van der Waals surface area contributed by atoms with E-state index in [1.165, 1.54) is 0 Å². The number of aromatic nitrogens is 3. The van der Waals surface area contributed by atoms with Crippen molar-refractivity contribution in [1.82, 2.24) is 14.5 Å². The Morgan fingerprint density at radius 2 is 2.22 bits per heavy atom. The number of pyridine rings is 1. The predicted octanol–water partition coefficient (Wildman–Crippen LogP) is 2.28. The lowest BCUT2D eigenvalue weighted by atomic mass is 10.2. The number of aryl methyl sites for hydroxylation is 2. The van der Waals surface area contributed by atoms with E-state index in [0.29, 0.717) is 6.61 Å². The molecule has 0 saturated carbocycles. The second kappa shape index (κ2) is 5.64. The molecule has 1 N–H and O–H groups in total. The molecule has 2 aromatic heterocycles. The van der Waals surface area contributed by atoms with Crippen LogP contribution in [0.25, 0.3) is 0 Å². The van der Waals surface area contributed by atoms with Gasteiger partial charge in [-0.3, -0.25) is 4.98 Å². The van der Waals surface area contributed by atoms with Crippen LogP contribution in [0.3, 0.4) is 0 Å². The van der Waals surface area contributed by atoms with Gasteiger partial charge in [-0.2, -0.15) is 0 Å². The molecule has 0 aliphatic heterocycles. The Bertz CT molecular complexity index is 521. The molecule has 2 rings (SSSR count). The standard InChI is InChI=1S/C13H18N4O/c1-10-4-5-14-8-12(10)16-13-15-11(2)9-17(13)6-7-18-3/h4-5,8-9H,6-7H2,1-3H3,(H,15,16). The predicted molar refractivity (Wildman–Crippen MR) is 71.1 cm³/mol. The van der Waals surface area contributed by atoms with Crippen molar-refractivity contribution < 1.29 is 4.74 Å². The highest BCUT2D eigenvalue weighted by atomic mass is 16.5. The molecular formula is C13H18N4O. The topological polar surface area (TPSA) is 52.0 Å². The Kier molecular flexibility index (Phi) is 3.94. The second-order valence-corrected chi connectivity index (χ2v) is 4.21. The summed E-state index contributed by atoms with van der Waals surface area (Å²) >= 11 is 0. The van der Waals surface area contributed by atoms with Gasteiger partial charge in [0.25, 0.3) is 0 Å². The van der Waals surface area contributed by atoms with Crippen LogP contribution in [0, 0.1) is 13.8 Å². The summed E-state index contributed by atoms with van der Waals surface area (Å²) < 4.78 is 7.14. The molecule has 0 atom stereocenters. The van der Waals surface area contributed by atoms with Crippen LogP contribution in [0.1, 0.15) is 11.3 Å². The molecule has 0 spiro atoms. The van der Waals surface area contributed by atoms with Gasteiger partial charge in [0.1, 0.15) is 0 Å². The maximum Gasteiger partial charge on any atom is 0.207 e. The summed E-state index contributed by atoms with van der Waals surface area (Å²) in [5, 5.41) is 3.30. The maximum atomic E-state index is 5.10. The lowest BCUT2D eigenvalue weighted by Gasteiger charge is -2.10. The van der Waals surface area contributed by atoms with E-state index < -0.39 is 0 Å². The summed E-state index contributed by atoms with van der Waals surface area (Å²) in [5.41, 5.74) is 3.10. The molecule has 0 aliphatic rings. The third-order valence-electron chi connectivity index (χ3n) is 2.72. The monoisotopic (exact) mass is 246 g/mol. The Hall–Kier alpha value is -1.88. The number of nitrogens with one attached hydrogen (secondary N) is 1. The fourth-order valence-corrected chi connectivity index (χ4v) is 1.72. The lowest BCUT2D eigenvalue weighted by molar-refractivity contribution is 0.188. The molecule has 5 heteroatoms. The number of anilines is 2. The van der Waals surface area contributed by atoms with Gasteiger partial charge in [0.15, 0.2) is 0 Å². The molecule has 96 valence electrons. The van der Waals surface area contributed by atoms with Gasteiger partial charge >= 0.3 is 0 Å². The fraction of sp³-hybridized carbons (Fsp3) is 0.385. The zero-order valence-electron chi connectivity index (χ0n) is 11.0. The summed E-state index contributed by atoms with van der Waals surface area (Å²) in [6.45, 7) is 5.46. The zero-order valence-corrected chi connectivity index (χ0v) is 11.0. The first-order valence-corrected chi connectivity index (χ1v) is 5.91. The fourth-order valence-electron chi connectivity index (χ4n) is 1.72. The quantitative estimate of drug-likeness (QED) is 0.879. The van der Waals surface area contributed by atoms with E-state index in [-0.39, 0.29) is 0 Å². The number of imidazole rings is 1. The highest BCUT2D eigenvalue weighted by Crippen LogP contribution is 2.18. The molecule has 0 aliphatic carbocycles. The maximum absolute atomic E-state index is 5.10. The molecule has 2 heterocycles. The minimum atomic E-state index is 0.663. The van der Waals surface area contributed by atoms with Crippen LogP contribution in [0.5, 0.6) is 0 Å². The second-order valence-electron chi connectivity index (χ2n) is 4.21. The van der Waals surface area contributed by atoms with Gasteiger partial charge in [-0.15, -0.1) is 0 Å². The average molecular weight is 246 g/mol. The SMILES string of the molecule is COCCn1cc(C)nc1Nc1cnccc1C. The van der Waals surface area contributed by atoms with Crippen molar-refractivity contribution in [2.45, 2.75) is 20.4 Å². The number of methoxy groups -OCH3 is 1. The number of nitrogens with zero attached hydrogens (tertiary/aromatic N) is 3. The van der Waals surface area contributed by atoms with Crippen molar-refractivity contribution in [1.29, 1.82) is 0 Å². The van der Waals surface area contributed by atoms with E-state index in [2.05, 4.69) is 15.3 Å². The number of hydrogen-bond donors (Lipinski definition) is 1. The molecule has 0 radical (unpaired) electrons. The van der Waals surface area contributed by atoms with Gasteiger partial charge in [-0.05, 0) is 25.5 Å². The van der Waals surface area contributed by atoms with Crippen LogP contribution in [-0.2, 0) is 11.3 Å². The summed E-state index contributed by atoms with van der Waals surface area (Å²) in [6.07, 6.45) is 5.59. The number of ether oxygens (including phenoxy) is 1. The van der Waals surface area contributed by atoms with Crippen LogP contribution in [0.2, 0.25) is 0 Å². The third-order valence-corrected chi connectivity index (χ3v) is 2.72. The number of hydrogen-bond acceptors (Lipinski definition) is 4. The zero-order chi connectivity index (χ0) is 13.0. The minimum absolute atomic E-state index is 0.663. The van der Waals surface area contributed by atoms with Gasteiger partial charge in [0.2, 0.25) is 5.95 Å². The Morgan fingerprint density at radius 1 is 1.39 bits per heavy atom. The molecule has 0 aromatic carbocycles. The van der Waals surface area contributed by atoms with E-state index in [9.17, 15) is 0 Å². The van der Waals surface area contributed by atoms with E-state index in [0.717, 1.165) is 29.4 Å². The smallest absolute Gasteiger partial charge is 0.207 e. The third kappa shape index (κ3) is 2.87. The Morgan fingerprint density at radius 3 is 2.94 bits per heavy atom. The molecule has 0 amide bonds. The number of rotatable bonds is 5. The lowest BCUT2D eigenvalue weighted by Crippen LogP contribution is -2.07. The molecular weight excluding hydrogens is 228 g/mol. The molecule has 5 nitrogen and oxygen atoms in total. The molecule has 0 unspecified atom stereocenters. The van der Waals surface area contributed by atoms with Gasteiger partial charge < -0.3 is 14.6 Å². The van der Waals surface area contributed by atoms with Crippen LogP contribution in [0.4, 0.5) is 11.6 Å². The van der Waals surface area contributed by atoms with E-state index in [1.807, 2.05) is 30.7 Å². The van der Waals surface area contributed by atoms with Crippen molar-refractivity contribution >= 4 is 11.6 Å². The summed E-state index contributed by atoms with van der Waals surface area (Å²) in [6, 6.07) is 1.97. The minimum Gasteiger partial charge on any atom is -0.383 e. The van der Waals surface area contributed by atoms with Gasteiger partial charge in [0, 0.05) is 26.0 Å². The van der Waals surface area contributed by atoms with Crippen LogP contribution < -0.4 is 5.32 Å². The highest BCUT2D eigenvalue weighted by molar-refractivity contribution is 5.57. The van der Waals surface area contributed by atoms with Crippen molar-refractivity contribution in [3.8, 4) is 0 Å². The largest absolute Gasteiger partial charge is 0.383 e. The van der Waals surface area contributed by atoms with Gasteiger partial charge in [0.05, 0.1) is 24.2 Å². The van der Waals surface area contributed by atoms with Crippen LogP contribution >= 0.6 is 0 Å². The average Bonchev–Trinajstić information content (AvgIpc) is 2.70. The molecule has 0 fully saturated rings. The first-order valence-electron chi connectivity index (χ1n) is 5.91. The molecule has 0 bridgehead atoms. The highest BCUT2D eigenvalue weighted by Gasteiger charge is 2.07. The van der Waals surface area contributed by atoms with E-state index in [1.54, 1.807) is 19.5 Å². The molecule has 0 saturated heterocycles. The molecule has 18 heavy (non-hydrogen) atoms. The van der Waals surface area contributed by atoms with Crippen molar-refractivity contribution in [2.24, 2.45) is 0 Å². The Balaban J connectivity index is 2.20. The van der Waals surface area contributed by atoms with Crippen molar-refractivity contribution in [3.05, 3.63) is 35.9 Å². The summed E-state index contributed by atoms with van der Waals surface area (Å²) in [5.74, 6) is 0.820. The van der Waals surface area contributed by atoms with E-state index in [4.69, 9.17) is 4.74 Å². The Labute approximate surface area is 107 Å².